The molecule has 6 heteroatoms. The minimum atomic E-state index is -0.296. The maximum Gasteiger partial charge on any atom is 0.247 e. The molecule has 3 rings (SSSR count). The normalized spacial score (nSPS) is 10.6. The van der Waals surface area contributed by atoms with Crippen LogP contribution in [0.2, 0.25) is 0 Å². The summed E-state index contributed by atoms with van der Waals surface area (Å²) in [5, 5.41) is 11.1. The van der Waals surface area contributed by atoms with Gasteiger partial charge in [0, 0.05) is 15.7 Å². The van der Waals surface area contributed by atoms with E-state index in [2.05, 4.69) is 31.4 Å². The summed E-state index contributed by atoms with van der Waals surface area (Å²) in [6.45, 7) is 0.421. The number of halogens is 2. The highest BCUT2D eigenvalue weighted by Crippen LogP contribution is 2.19. The Bertz CT molecular complexity index is 743. The first-order chi connectivity index (χ1) is 10.2. The van der Waals surface area contributed by atoms with E-state index in [0.717, 1.165) is 10.2 Å². The Morgan fingerprint density at radius 3 is 2.67 bits per heavy atom. The minimum absolute atomic E-state index is 0.296. The number of nitrogens with one attached hydrogen (secondary N) is 1. The number of hydrogen-bond acceptors (Lipinski definition) is 4. The molecule has 4 nitrogen and oxygen atoms in total. The van der Waals surface area contributed by atoms with Crippen LogP contribution in [0.1, 0.15) is 5.89 Å². The molecule has 0 spiro atoms. The van der Waals surface area contributed by atoms with Gasteiger partial charge in [0.2, 0.25) is 11.8 Å². The quantitative estimate of drug-likeness (QED) is 0.766. The largest absolute Gasteiger partial charge is 0.419 e. The Balaban J connectivity index is 1.69. The van der Waals surface area contributed by atoms with E-state index in [0.29, 0.717) is 23.9 Å². The van der Waals surface area contributed by atoms with E-state index in [1.165, 1.54) is 12.1 Å². The van der Waals surface area contributed by atoms with E-state index in [1.54, 1.807) is 12.1 Å². The lowest BCUT2D eigenvalue weighted by molar-refractivity contribution is 0.515. The van der Waals surface area contributed by atoms with Gasteiger partial charge in [-0.2, -0.15) is 0 Å². The highest BCUT2D eigenvalue weighted by Gasteiger charge is 2.08. The predicted octanol–water partition coefficient (Wildman–Crippen LogP) is 4.25. The molecule has 2 aromatic carbocycles. The molecule has 0 fully saturated rings. The first-order valence-corrected chi connectivity index (χ1v) is 7.08. The van der Waals surface area contributed by atoms with Gasteiger partial charge in [0.1, 0.15) is 5.82 Å². The molecule has 0 unspecified atom stereocenters. The molecule has 21 heavy (non-hydrogen) atoms. The van der Waals surface area contributed by atoms with E-state index >= 15 is 0 Å². The smallest absolute Gasteiger partial charge is 0.247 e. The van der Waals surface area contributed by atoms with E-state index in [9.17, 15) is 4.39 Å². The van der Waals surface area contributed by atoms with Gasteiger partial charge in [-0.1, -0.05) is 22.0 Å². The van der Waals surface area contributed by atoms with Crippen LogP contribution in [-0.2, 0) is 6.54 Å². The lowest BCUT2D eigenvalue weighted by atomic mass is 10.2. The fourth-order valence-electron chi connectivity index (χ4n) is 1.81. The molecule has 0 bridgehead atoms. The number of anilines is 1. The Labute approximate surface area is 129 Å². The SMILES string of the molecule is Fc1ccc(-c2nnc(CNc3cccc(Br)c3)o2)cc1. The van der Waals surface area contributed by atoms with Crippen molar-refractivity contribution in [2.45, 2.75) is 6.54 Å². The van der Waals surface area contributed by atoms with Crippen LogP contribution in [-0.4, -0.2) is 10.2 Å². The molecule has 3 aromatic rings. The maximum absolute atomic E-state index is 12.9. The predicted molar refractivity (Wildman–Crippen MR) is 81.2 cm³/mol. The van der Waals surface area contributed by atoms with Gasteiger partial charge in [0.15, 0.2) is 0 Å². The summed E-state index contributed by atoms with van der Waals surface area (Å²) in [6.07, 6.45) is 0. The van der Waals surface area contributed by atoms with Crippen LogP contribution in [0.5, 0.6) is 0 Å². The monoisotopic (exact) mass is 347 g/mol. The Kier molecular flexibility index (Phi) is 3.96. The highest BCUT2D eigenvalue weighted by molar-refractivity contribution is 9.10. The summed E-state index contributed by atoms with van der Waals surface area (Å²) in [7, 11) is 0. The van der Waals surface area contributed by atoms with Gasteiger partial charge in [-0.05, 0) is 42.5 Å². The van der Waals surface area contributed by atoms with E-state index in [4.69, 9.17) is 4.42 Å². The summed E-state index contributed by atoms with van der Waals surface area (Å²) in [6, 6.07) is 13.7. The lowest BCUT2D eigenvalue weighted by Crippen LogP contribution is -1.99. The average molecular weight is 348 g/mol. The molecular weight excluding hydrogens is 337 g/mol. The van der Waals surface area contributed by atoms with Crippen molar-refractivity contribution in [1.29, 1.82) is 0 Å². The molecule has 0 aliphatic rings. The lowest BCUT2D eigenvalue weighted by Gasteiger charge is -2.03. The van der Waals surface area contributed by atoms with Crippen LogP contribution >= 0.6 is 15.9 Å². The van der Waals surface area contributed by atoms with E-state index in [-0.39, 0.29) is 5.82 Å². The average Bonchev–Trinajstić information content (AvgIpc) is 2.95. The molecule has 1 N–H and O–H groups in total. The summed E-state index contributed by atoms with van der Waals surface area (Å²) in [5.41, 5.74) is 1.64. The van der Waals surface area contributed by atoms with Crippen molar-refractivity contribution in [1.82, 2.24) is 10.2 Å². The second kappa shape index (κ2) is 6.05. The maximum atomic E-state index is 12.9. The molecule has 0 saturated carbocycles. The van der Waals surface area contributed by atoms with Gasteiger partial charge in [-0.3, -0.25) is 0 Å². The van der Waals surface area contributed by atoms with Crippen molar-refractivity contribution >= 4 is 21.6 Å². The Hall–Kier alpha value is -2.21. The van der Waals surface area contributed by atoms with Crippen LogP contribution in [0.15, 0.2) is 57.4 Å². The molecule has 0 aliphatic carbocycles. The van der Waals surface area contributed by atoms with Crippen molar-refractivity contribution in [2.24, 2.45) is 0 Å². The topological polar surface area (TPSA) is 51.0 Å². The fraction of sp³-hybridized carbons (Fsp3) is 0.0667. The third-order valence-corrected chi connectivity index (χ3v) is 3.32. The summed E-state index contributed by atoms with van der Waals surface area (Å²) in [5.74, 6) is 0.546. The molecular formula is C15H11BrFN3O. The highest BCUT2D eigenvalue weighted by atomic mass is 79.9. The van der Waals surface area contributed by atoms with Gasteiger partial charge in [0.25, 0.3) is 0 Å². The van der Waals surface area contributed by atoms with Crippen molar-refractivity contribution in [3.05, 3.63) is 64.7 Å². The van der Waals surface area contributed by atoms with Crippen LogP contribution in [0.4, 0.5) is 10.1 Å². The number of rotatable bonds is 4. The summed E-state index contributed by atoms with van der Waals surface area (Å²) in [4.78, 5) is 0. The minimum Gasteiger partial charge on any atom is -0.419 e. The van der Waals surface area contributed by atoms with Crippen LogP contribution in [0.25, 0.3) is 11.5 Å². The summed E-state index contributed by atoms with van der Waals surface area (Å²) >= 11 is 3.41. The zero-order chi connectivity index (χ0) is 14.7. The molecule has 106 valence electrons. The first kappa shape index (κ1) is 13.8. The third kappa shape index (κ3) is 3.46. The van der Waals surface area contributed by atoms with Crippen molar-refractivity contribution < 1.29 is 8.81 Å². The molecule has 1 aromatic heterocycles. The van der Waals surface area contributed by atoms with E-state index < -0.39 is 0 Å². The van der Waals surface area contributed by atoms with Gasteiger partial charge in [0.05, 0.1) is 6.54 Å². The zero-order valence-corrected chi connectivity index (χ0v) is 12.5. The number of hydrogen-bond donors (Lipinski definition) is 1. The van der Waals surface area contributed by atoms with Crippen molar-refractivity contribution in [2.75, 3.05) is 5.32 Å². The molecule has 0 atom stereocenters. The van der Waals surface area contributed by atoms with Crippen LogP contribution in [0, 0.1) is 5.82 Å². The third-order valence-electron chi connectivity index (χ3n) is 2.83. The fourth-order valence-corrected chi connectivity index (χ4v) is 2.21. The van der Waals surface area contributed by atoms with E-state index in [1.807, 2.05) is 24.3 Å². The zero-order valence-electron chi connectivity index (χ0n) is 10.9. The molecule has 0 aliphatic heterocycles. The molecule has 0 radical (unpaired) electrons. The van der Waals surface area contributed by atoms with Crippen LogP contribution in [0.3, 0.4) is 0 Å². The molecule has 0 amide bonds. The molecule has 1 heterocycles. The summed E-state index contributed by atoms with van der Waals surface area (Å²) < 4.78 is 19.4. The second-order valence-corrected chi connectivity index (χ2v) is 5.29. The van der Waals surface area contributed by atoms with Gasteiger partial charge >= 0.3 is 0 Å². The Morgan fingerprint density at radius 2 is 1.90 bits per heavy atom. The van der Waals surface area contributed by atoms with Gasteiger partial charge in [-0.15, -0.1) is 10.2 Å². The number of benzene rings is 2. The second-order valence-electron chi connectivity index (χ2n) is 4.37. The number of aromatic nitrogens is 2. The Morgan fingerprint density at radius 1 is 1.10 bits per heavy atom. The van der Waals surface area contributed by atoms with Gasteiger partial charge in [-0.25, -0.2) is 4.39 Å². The van der Waals surface area contributed by atoms with Crippen molar-refractivity contribution in [3.8, 4) is 11.5 Å². The first-order valence-electron chi connectivity index (χ1n) is 6.28. The van der Waals surface area contributed by atoms with Crippen molar-refractivity contribution in [3.63, 3.8) is 0 Å². The van der Waals surface area contributed by atoms with Crippen LogP contribution < -0.4 is 5.32 Å². The van der Waals surface area contributed by atoms with Gasteiger partial charge < -0.3 is 9.73 Å². The molecule has 0 saturated heterocycles. The number of nitrogens with zero attached hydrogens (tertiary/aromatic N) is 2. The standard InChI is InChI=1S/C15H11BrFN3O/c16-11-2-1-3-13(8-11)18-9-14-19-20-15(21-14)10-4-6-12(17)7-5-10/h1-8,18H,9H2.